The number of halogens is 2. The van der Waals surface area contributed by atoms with Crippen LogP contribution in [0.5, 0.6) is 0 Å². The molecule has 314 valence electrons. The average Bonchev–Trinajstić information content (AvgIpc) is 3.76. The molecule has 0 amide bonds. The molecule has 6 rings (SSSR count). The Morgan fingerprint density at radius 3 is 0.776 bits per heavy atom. The van der Waals surface area contributed by atoms with Crippen LogP contribution in [0.3, 0.4) is 0 Å². The number of hydrogen-bond donors (Lipinski definition) is 0. The second-order valence-corrected chi connectivity index (χ2v) is 14.1. The van der Waals surface area contributed by atoms with Crippen LogP contribution >= 0.6 is 0 Å². The van der Waals surface area contributed by atoms with Crippen LogP contribution in [0.2, 0.25) is 0 Å². The van der Waals surface area contributed by atoms with Gasteiger partial charge in [-0.1, -0.05) is 12.1 Å². The Morgan fingerprint density at radius 1 is 0.466 bits per heavy atom. The van der Waals surface area contributed by atoms with Gasteiger partial charge in [-0.3, -0.25) is 28.7 Å². The Balaban J connectivity index is 0.000000441. The van der Waals surface area contributed by atoms with E-state index >= 15 is 0 Å². The van der Waals surface area contributed by atoms with E-state index in [1.165, 1.54) is 6.92 Å². The van der Waals surface area contributed by atoms with Gasteiger partial charge in [0.25, 0.3) is 0 Å². The first-order valence-corrected chi connectivity index (χ1v) is 19.4. The van der Waals surface area contributed by atoms with Crippen molar-refractivity contribution in [2.24, 2.45) is 0 Å². The molecule has 0 aromatic carbocycles. The number of nitrogens with zero attached hydrogens (tertiary/aromatic N) is 11. The Bertz CT molecular complexity index is 1920. The van der Waals surface area contributed by atoms with Gasteiger partial charge in [0, 0.05) is 29.7 Å². The van der Waals surface area contributed by atoms with Crippen molar-refractivity contribution < 1.29 is 74.8 Å². The van der Waals surface area contributed by atoms with Gasteiger partial charge in [-0.2, -0.15) is 25.7 Å². The third-order valence-electron chi connectivity index (χ3n) is 7.39. The minimum atomic E-state index is -4.94. The minimum Gasteiger partial charge on any atom is -0.264 e. The topological polar surface area (TPSA) is 305 Å². The van der Waals surface area contributed by atoms with Crippen molar-refractivity contribution >= 4 is 0 Å². The molecular formula is C36H45Cl2FeN11O8. The molecule has 58 heavy (non-hydrogen) atoms. The zero-order chi connectivity index (χ0) is 43.1. The zero-order valence-corrected chi connectivity index (χ0v) is 36.0. The maximum atomic E-state index is 8.49. The third-order valence-corrected chi connectivity index (χ3v) is 7.39. The molecule has 0 radical (unpaired) electrons. The summed E-state index contributed by atoms with van der Waals surface area (Å²) >= 11 is 0. The van der Waals surface area contributed by atoms with E-state index in [4.69, 9.17) is 52.5 Å². The first-order valence-electron chi connectivity index (χ1n) is 16.9. The van der Waals surface area contributed by atoms with Gasteiger partial charge in [-0.05, 0) is 104 Å². The molecule has 0 atom stereocenters. The van der Waals surface area contributed by atoms with Crippen molar-refractivity contribution in [3.63, 3.8) is 0 Å². The van der Waals surface area contributed by atoms with Gasteiger partial charge in [0.15, 0.2) is 0 Å². The second-order valence-electron chi connectivity index (χ2n) is 12.6. The molecule has 0 N–H and O–H groups in total. The number of aromatic nitrogens is 10. The van der Waals surface area contributed by atoms with Gasteiger partial charge in [0.05, 0.1) is 77.8 Å². The molecular weight excluding hydrogens is 841 g/mol. The first kappa shape index (κ1) is 51.4. The summed E-state index contributed by atoms with van der Waals surface area (Å²) in [5.74, 6) is 0. The van der Waals surface area contributed by atoms with Gasteiger partial charge in [-0.25, -0.2) is 37.3 Å². The van der Waals surface area contributed by atoms with Crippen LogP contribution in [-0.2, 0) is 43.2 Å². The van der Waals surface area contributed by atoms with Crippen molar-refractivity contribution in [2.75, 3.05) is 0 Å². The summed E-state index contributed by atoms with van der Waals surface area (Å²) in [7, 11) is -9.89. The van der Waals surface area contributed by atoms with E-state index in [-0.39, 0.29) is 17.1 Å². The molecule has 0 aliphatic rings. The maximum Gasteiger partial charge on any atom is 2.00 e. The number of hydrogen-bond acceptors (Lipinski definition) is 15. The number of pyridine rings is 2. The molecule has 0 saturated heterocycles. The maximum absolute atomic E-state index is 8.49. The summed E-state index contributed by atoms with van der Waals surface area (Å²) in [6.07, 6.45) is 0. The Labute approximate surface area is 351 Å². The van der Waals surface area contributed by atoms with Gasteiger partial charge in [-0.15, -0.1) is 20.5 Å². The first-order chi connectivity index (χ1) is 26.4. The normalized spacial score (nSPS) is 10.6. The van der Waals surface area contributed by atoms with Crippen molar-refractivity contribution in [2.45, 2.75) is 88.5 Å². The van der Waals surface area contributed by atoms with Crippen LogP contribution < -0.4 is 37.3 Å². The number of nitriles is 1. The van der Waals surface area contributed by atoms with Crippen LogP contribution in [0.1, 0.15) is 75.3 Å². The van der Waals surface area contributed by atoms with Gasteiger partial charge in [0.1, 0.15) is 0 Å². The molecule has 6 aromatic heterocycles. The molecule has 0 aliphatic carbocycles. The zero-order valence-electron chi connectivity index (χ0n) is 33.4. The van der Waals surface area contributed by atoms with E-state index in [1.807, 2.05) is 70.7 Å². The van der Waals surface area contributed by atoms with E-state index in [9.17, 15) is 0 Å². The molecule has 0 aliphatic heterocycles. The molecule has 0 unspecified atom stereocenters. The van der Waals surface area contributed by atoms with E-state index < -0.39 is 20.5 Å². The molecule has 0 fully saturated rings. The Kier molecular flexibility index (Phi) is 21.0. The van der Waals surface area contributed by atoms with Crippen molar-refractivity contribution in [3.05, 3.63) is 129 Å². The van der Waals surface area contributed by atoms with Crippen molar-refractivity contribution in [1.29, 1.82) is 5.26 Å². The smallest absolute Gasteiger partial charge is 0.264 e. The van der Waals surface area contributed by atoms with E-state index in [0.29, 0.717) is 26.2 Å². The summed E-state index contributed by atoms with van der Waals surface area (Å²) < 4.78 is 75.9. The number of aryl methyl sites for hydroxylation is 8. The fraction of sp³-hybridized carbons (Fsp3) is 0.361. The van der Waals surface area contributed by atoms with Crippen LogP contribution in [0.25, 0.3) is 0 Å². The molecule has 19 nitrogen and oxygen atoms in total. The summed E-state index contributed by atoms with van der Waals surface area (Å²) in [4.78, 5) is 9.48. The molecule has 22 heteroatoms. The van der Waals surface area contributed by atoms with E-state index in [0.717, 1.165) is 68.3 Å². The van der Waals surface area contributed by atoms with Crippen LogP contribution in [0.4, 0.5) is 0 Å². The van der Waals surface area contributed by atoms with Gasteiger partial charge < -0.3 is 0 Å². The fourth-order valence-electron chi connectivity index (χ4n) is 5.36. The van der Waals surface area contributed by atoms with Gasteiger partial charge >= 0.3 is 17.1 Å². The predicted octanol–water partition coefficient (Wildman–Crippen LogP) is -3.37. The molecule has 0 bridgehead atoms. The van der Waals surface area contributed by atoms with E-state index in [1.54, 1.807) is 6.07 Å². The van der Waals surface area contributed by atoms with Crippen LogP contribution in [0.15, 0.2) is 60.7 Å². The Morgan fingerprint density at radius 2 is 0.638 bits per heavy atom. The predicted molar refractivity (Wildman–Crippen MR) is 183 cm³/mol. The summed E-state index contributed by atoms with van der Waals surface area (Å²) in [5, 5.41) is 25.3. The SMILES string of the molecule is CC#N.Cc1cc(C)n(Cc2cccc(Cn3nc(C)cc3C)n2)n1.Cc1cc(C)n(Cc2cccc(Cn3nc(C)cc3C)n2)n1.[Fe+2].[O-][Cl+3]([O-])([O-])[O-].[O-][Cl+3]([O-])([O-])[O-]. The summed E-state index contributed by atoms with van der Waals surface area (Å²) in [6, 6.07) is 22.4. The standard InChI is InChI=1S/2C17H21N5.C2H3N.2ClHO4.Fe/c2*1-12-8-14(3)21(19-12)10-16-6-5-7-17(18-16)11-22-15(4)9-13(2)20-22;1-2-3;2*2-1(3,4)5;/h2*5-9H,10-11H2,1-4H3;1H3;2*(H,2,3,4,5);/q;;;;;+2/p-2. The second kappa shape index (κ2) is 23.7. The van der Waals surface area contributed by atoms with Gasteiger partial charge in [0.2, 0.25) is 0 Å². The van der Waals surface area contributed by atoms with Crippen molar-refractivity contribution in [1.82, 2.24) is 49.1 Å². The molecule has 6 heterocycles. The Hall–Kier alpha value is -4.59. The summed E-state index contributed by atoms with van der Waals surface area (Å²) in [5.41, 5.74) is 12.9. The van der Waals surface area contributed by atoms with E-state index in [2.05, 4.69) is 84.5 Å². The molecule has 6 aromatic rings. The van der Waals surface area contributed by atoms with Crippen LogP contribution in [0, 0.1) is 87.2 Å². The quantitative estimate of drug-likeness (QED) is 0.135. The van der Waals surface area contributed by atoms with Crippen LogP contribution in [-0.4, -0.2) is 49.1 Å². The molecule has 0 saturated carbocycles. The minimum absolute atomic E-state index is 0. The average molecular weight is 887 g/mol. The third kappa shape index (κ3) is 20.7. The number of rotatable bonds is 8. The molecule has 0 spiro atoms. The monoisotopic (exact) mass is 885 g/mol. The largest absolute Gasteiger partial charge is 2.00 e. The fourth-order valence-corrected chi connectivity index (χ4v) is 5.36. The van der Waals surface area contributed by atoms with Crippen molar-refractivity contribution in [3.8, 4) is 6.07 Å². The summed E-state index contributed by atoms with van der Waals surface area (Å²) in [6.45, 7) is 20.5.